The lowest BCUT2D eigenvalue weighted by atomic mass is 10.1. The molecule has 0 spiro atoms. The molecule has 0 saturated carbocycles. The fraction of sp³-hybridized carbons (Fsp3) is 0.455. The van der Waals surface area contributed by atoms with Crippen molar-refractivity contribution in [2.24, 2.45) is 0 Å². The van der Waals surface area contributed by atoms with Crippen LogP contribution in [0, 0.1) is 0 Å². The Hall–Kier alpha value is -1.60. The molecule has 0 N–H and O–H groups in total. The molecule has 0 aliphatic carbocycles. The summed E-state index contributed by atoms with van der Waals surface area (Å²) in [6.45, 7) is 2.67. The number of ether oxygens (including phenoxy) is 1. The highest BCUT2D eigenvalue weighted by Gasteiger charge is 2.19. The van der Waals surface area contributed by atoms with Crippen LogP contribution >= 0.6 is 11.7 Å². The third kappa shape index (κ3) is 2.32. The minimum absolute atomic E-state index is 0.575. The molecule has 0 bridgehead atoms. The SMILES string of the molecule is COc1cc2c(nn1)CCN(Cc1cnsn1)C2. The van der Waals surface area contributed by atoms with E-state index in [4.69, 9.17) is 4.74 Å². The average molecular weight is 263 g/mol. The smallest absolute Gasteiger partial charge is 0.233 e. The van der Waals surface area contributed by atoms with Crippen molar-refractivity contribution in [3.05, 3.63) is 29.2 Å². The largest absolute Gasteiger partial charge is 0.480 e. The van der Waals surface area contributed by atoms with Crippen LogP contribution in [0.1, 0.15) is 17.0 Å². The summed E-state index contributed by atoms with van der Waals surface area (Å²) in [5, 5.41) is 8.19. The molecule has 0 atom stereocenters. The Morgan fingerprint density at radius 3 is 3.17 bits per heavy atom. The number of methoxy groups -OCH3 is 1. The van der Waals surface area contributed by atoms with E-state index in [9.17, 15) is 0 Å². The average Bonchev–Trinajstić information content (AvgIpc) is 2.90. The van der Waals surface area contributed by atoms with Crippen LogP contribution in [0.4, 0.5) is 0 Å². The van der Waals surface area contributed by atoms with Crippen LogP contribution in [-0.2, 0) is 19.5 Å². The summed E-state index contributed by atoms with van der Waals surface area (Å²) in [7, 11) is 1.61. The van der Waals surface area contributed by atoms with Gasteiger partial charge in [0, 0.05) is 32.1 Å². The molecule has 0 saturated heterocycles. The van der Waals surface area contributed by atoms with E-state index in [2.05, 4.69) is 23.8 Å². The van der Waals surface area contributed by atoms with Crippen molar-refractivity contribution in [3.63, 3.8) is 0 Å². The number of hydrogen-bond donors (Lipinski definition) is 0. The van der Waals surface area contributed by atoms with Gasteiger partial charge < -0.3 is 4.74 Å². The predicted octanol–water partition coefficient (Wildman–Crippen LogP) is 0.895. The minimum atomic E-state index is 0.575. The number of nitrogens with zero attached hydrogens (tertiary/aromatic N) is 5. The van der Waals surface area contributed by atoms with E-state index in [0.29, 0.717) is 5.88 Å². The molecule has 1 aliphatic rings. The van der Waals surface area contributed by atoms with Crippen molar-refractivity contribution >= 4 is 11.7 Å². The summed E-state index contributed by atoms with van der Waals surface area (Å²) in [6.07, 6.45) is 2.75. The van der Waals surface area contributed by atoms with Crippen molar-refractivity contribution in [2.45, 2.75) is 19.5 Å². The number of rotatable bonds is 3. The van der Waals surface area contributed by atoms with Gasteiger partial charge in [-0.3, -0.25) is 4.90 Å². The second kappa shape index (κ2) is 4.95. The molecule has 6 nitrogen and oxygen atoms in total. The van der Waals surface area contributed by atoms with Gasteiger partial charge in [-0.15, -0.1) is 5.10 Å². The van der Waals surface area contributed by atoms with E-state index in [1.54, 1.807) is 7.11 Å². The molecule has 0 radical (unpaired) electrons. The van der Waals surface area contributed by atoms with Crippen molar-refractivity contribution in [3.8, 4) is 5.88 Å². The normalized spacial score (nSPS) is 15.4. The molecule has 0 unspecified atom stereocenters. The molecule has 2 aromatic rings. The van der Waals surface area contributed by atoms with Crippen LogP contribution in [-0.4, -0.2) is 37.5 Å². The highest BCUT2D eigenvalue weighted by atomic mass is 32.1. The molecule has 2 aromatic heterocycles. The maximum atomic E-state index is 5.11. The quantitative estimate of drug-likeness (QED) is 0.819. The Bertz CT molecular complexity index is 530. The van der Waals surface area contributed by atoms with Gasteiger partial charge in [0.05, 0.1) is 36.4 Å². The third-order valence-corrected chi connectivity index (χ3v) is 3.51. The van der Waals surface area contributed by atoms with E-state index in [1.165, 1.54) is 17.3 Å². The van der Waals surface area contributed by atoms with Crippen LogP contribution in [0.2, 0.25) is 0 Å². The molecular formula is C11H13N5OS. The number of aromatic nitrogens is 4. The summed E-state index contributed by atoms with van der Waals surface area (Å²) >= 11 is 1.25. The van der Waals surface area contributed by atoms with Gasteiger partial charge in [0.1, 0.15) is 0 Å². The lowest BCUT2D eigenvalue weighted by Crippen LogP contribution is -2.31. The van der Waals surface area contributed by atoms with Crippen LogP contribution in [0.25, 0.3) is 0 Å². The van der Waals surface area contributed by atoms with Crippen molar-refractivity contribution in [1.82, 2.24) is 23.8 Å². The second-order valence-electron chi connectivity index (χ2n) is 4.22. The lowest BCUT2D eigenvalue weighted by Gasteiger charge is -2.26. The predicted molar refractivity (Wildman–Crippen MR) is 66.3 cm³/mol. The van der Waals surface area contributed by atoms with Gasteiger partial charge in [-0.1, -0.05) is 0 Å². The maximum Gasteiger partial charge on any atom is 0.233 e. The van der Waals surface area contributed by atoms with E-state index in [-0.39, 0.29) is 0 Å². The summed E-state index contributed by atoms with van der Waals surface area (Å²) in [5.74, 6) is 0.575. The molecule has 0 fully saturated rings. The Balaban J connectivity index is 1.75. The van der Waals surface area contributed by atoms with Gasteiger partial charge >= 0.3 is 0 Å². The minimum Gasteiger partial charge on any atom is -0.480 e. The van der Waals surface area contributed by atoms with Gasteiger partial charge in [-0.05, 0) is 5.56 Å². The first-order valence-electron chi connectivity index (χ1n) is 5.73. The highest BCUT2D eigenvalue weighted by Crippen LogP contribution is 2.20. The van der Waals surface area contributed by atoms with E-state index >= 15 is 0 Å². The summed E-state index contributed by atoms with van der Waals surface area (Å²) < 4.78 is 13.4. The number of hydrogen-bond acceptors (Lipinski definition) is 7. The van der Waals surface area contributed by atoms with E-state index in [1.807, 2.05) is 12.3 Å². The molecule has 0 amide bonds. The highest BCUT2D eigenvalue weighted by molar-refractivity contribution is 6.99. The molecule has 94 valence electrons. The Kier molecular flexibility index (Phi) is 3.16. The zero-order chi connectivity index (χ0) is 12.4. The van der Waals surface area contributed by atoms with Crippen LogP contribution in [0.5, 0.6) is 5.88 Å². The first-order chi connectivity index (χ1) is 8.85. The fourth-order valence-corrected chi connectivity index (χ4v) is 2.51. The molecule has 3 rings (SSSR count). The first-order valence-corrected chi connectivity index (χ1v) is 6.46. The second-order valence-corrected chi connectivity index (χ2v) is 4.77. The van der Waals surface area contributed by atoms with Crippen LogP contribution < -0.4 is 4.74 Å². The Morgan fingerprint density at radius 1 is 1.44 bits per heavy atom. The lowest BCUT2D eigenvalue weighted by molar-refractivity contribution is 0.239. The first kappa shape index (κ1) is 11.5. The van der Waals surface area contributed by atoms with Crippen LogP contribution in [0.3, 0.4) is 0 Å². The molecule has 18 heavy (non-hydrogen) atoms. The van der Waals surface area contributed by atoms with Gasteiger partial charge in [-0.25, -0.2) is 0 Å². The monoisotopic (exact) mass is 263 g/mol. The van der Waals surface area contributed by atoms with Gasteiger partial charge in [0.15, 0.2) is 0 Å². The van der Waals surface area contributed by atoms with Gasteiger partial charge in [0.2, 0.25) is 5.88 Å². The summed E-state index contributed by atoms with van der Waals surface area (Å²) in [6, 6.07) is 1.97. The third-order valence-electron chi connectivity index (χ3n) is 3.00. The topological polar surface area (TPSA) is 64.0 Å². The maximum absolute atomic E-state index is 5.11. The van der Waals surface area contributed by atoms with Crippen molar-refractivity contribution in [2.75, 3.05) is 13.7 Å². The summed E-state index contributed by atoms with van der Waals surface area (Å²) in [4.78, 5) is 2.33. The molecule has 3 heterocycles. The van der Waals surface area contributed by atoms with Crippen LogP contribution in [0.15, 0.2) is 12.3 Å². The standard InChI is InChI=1S/C11H13N5OS/c1-17-11-4-8-6-16(3-2-10(8)13-14-11)7-9-5-12-18-15-9/h4-5H,2-3,6-7H2,1H3. The Labute approximate surface area is 109 Å². The van der Waals surface area contributed by atoms with Crippen molar-refractivity contribution < 1.29 is 4.74 Å². The zero-order valence-electron chi connectivity index (χ0n) is 10.0. The van der Waals surface area contributed by atoms with E-state index in [0.717, 1.165) is 37.4 Å². The molecule has 0 aromatic carbocycles. The molecule has 1 aliphatic heterocycles. The molecular weight excluding hydrogens is 250 g/mol. The summed E-state index contributed by atoms with van der Waals surface area (Å²) in [5.41, 5.74) is 3.29. The van der Waals surface area contributed by atoms with Crippen molar-refractivity contribution in [1.29, 1.82) is 0 Å². The Morgan fingerprint density at radius 2 is 2.39 bits per heavy atom. The van der Waals surface area contributed by atoms with Gasteiger partial charge in [-0.2, -0.15) is 13.8 Å². The zero-order valence-corrected chi connectivity index (χ0v) is 10.9. The molecule has 7 heteroatoms. The van der Waals surface area contributed by atoms with Gasteiger partial charge in [0.25, 0.3) is 0 Å². The number of fused-ring (bicyclic) bond motifs is 1. The fourth-order valence-electron chi connectivity index (χ4n) is 2.08. The van der Waals surface area contributed by atoms with E-state index < -0.39 is 0 Å².